The first kappa shape index (κ1) is 21.6. The van der Waals surface area contributed by atoms with Crippen molar-refractivity contribution in [2.75, 3.05) is 6.54 Å². The van der Waals surface area contributed by atoms with Gasteiger partial charge in [-0.05, 0) is 67.4 Å². The third-order valence-electron chi connectivity index (χ3n) is 4.47. The van der Waals surface area contributed by atoms with Crippen molar-refractivity contribution < 1.29 is 21.3 Å². The summed E-state index contributed by atoms with van der Waals surface area (Å²) in [6.07, 6.45) is 1.35. The zero-order chi connectivity index (χ0) is 21.2. The molecule has 0 saturated heterocycles. The van der Waals surface area contributed by atoms with Crippen LogP contribution in [-0.4, -0.2) is 23.4 Å². The first-order valence-electron chi connectivity index (χ1n) is 8.71. The molecular weight excluding hydrogens is 434 g/mol. The average Bonchev–Trinajstić information content (AvgIpc) is 3.18. The number of sulfone groups is 1. The van der Waals surface area contributed by atoms with Gasteiger partial charge in [0.15, 0.2) is 9.84 Å². The number of hydrogen-bond donors (Lipinski definition) is 1. The number of hydrogen-bond acceptors (Lipinski definition) is 5. The van der Waals surface area contributed by atoms with Gasteiger partial charge in [0.25, 0.3) is 0 Å². The Morgan fingerprint density at radius 3 is 2.31 bits per heavy atom. The van der Waals surface area contributed by atoms with E-state index in [0.29, 0.717) is 10.6 Å². The van der Waals surface area contributed by atoms with Crippen molar-refractivity contribution in [3.05, 3.63) is 82.8 Å². The molecule has 0 unspecified atom stereocenters. The number of nitrogens with one attached hydrogen (secondary N) is 1. The molecule has 0 spiro atoms. The average molecular weight is 454 g/mol. The van der Waals surface area contributed by atoms with Crippen LogP contribution < -0.4 is 4.72 Å². The fourth-order valence-electron chi connectivity index (χ4n) is 2.89. The van der Waals surface area contributed by atoms with Crippen LogP contribution >= 0.6 is 11.6 Å². The number of halogens is 1. The predicted octanol–water partition coefficient (Wildman–Crippen LogP) is 4.04. The monoisotopic (exact) mass is 453 g/mol. The van der Waals surface area contributed by atoms with Crippen molar-refractivity contribution in [3.8, 4) is 0 Å². The first-order valence-corrected chi connectivity index (χ1v) is 12.1. The van der Waals surface area contributed by atoms with Crippen molar-refractivity contribution in [3.63, 3.8) is 0 Å². The molecule has 154 valence electrons. The van der Waals surface area contributed by atoms with E-state index < -0.39 is 25.1 Å². The van der Waals surface area contributed by atoms with E-state index in [1.165, 1.54) is 36.6 Å². The Balaban J connectivity index is 1.95. The summed E-state index contributed by atoms with van der Waals surface area (Å²) >= 11 is 5.85. The lowest BCUT2D eigenvalue weighted by Gasteiger charge is -2.17. The fourth-order valence-corrected chi connectivity index (χ4v) is 6.08. The van der Waals surface area contributed by atoms with Gasteiger partial charge in [-0.3, -0.25) is 0 Å². The Morgan fingerprint density at radius 1 is 1.00 bits per heavy atom. The third-order valence-corrected chi connectivity index (χ3v) is 8.36. The van der Waals surface area contributed by atoms with Gasteiger partial charge in [0.2, 0.25) is 10.0 Å². The Labute approximate surface area is 175 Å². The summed E-state index contributed by atoms with van der Waals surface area (Å²) < 4.78 is 59.8. The van der Waals surface area contributed by atoms with E-state index >= 15 is 0 Å². The molecule has 6 nitrogen and oxygen atoms in total. The maximum atomic E-state index is 13.2. The minimum atomic E-state index is -3.94. The lowest BCUT2D eigenvalue weighted by Crippen LogP contribution is -2.32. The highest BCUT2D eigenvalue weighted by atomic mass is 35.5. The van der Waals surface area contributed by atoms with Gasteiger partial charge in [-0.2, -0.15) is 0 Å². The van der Waals surface area contributed by atoms with Gasteiger partial charge in [-0.15, -0.1) is 0 Å². The summed E-state index contributed by atoms with van der Waals surface area (Å²) in [5.74, 6) is 0.142. The molecule has 0 aliphatic rings. The molecule has 9 heteroatoms. The molecule has 0 aliphatic heterocycles. The molecule has 3 rings (SSSR count). The van der Waals surface area contributed by atoms with E-state index in [4.69, 9.17) is 16.0 Å². The minimum Gasteiger partial charge on any atom is -0.468 e. The Hall–Kier alpha value is -2.13. The second kappa shape index (κ2) is 8.31. The minimum absolute atomic E-state index is 0.0224. The van der Waals surface area contributed by atoms with Gasteiger partial charge in [0.1, 0.15) is 11.0 Å². The fraction of sp³-hybridized carbons (Fsp3) is 0.200. The zero-order valence-electron chi connectivity index (χ0n) is 15.8. The molecule has 0 bridgehead atoms. The van der Waals surface area contributed by atoms with Crippen LogP contribution in [0.25, 0.3) is 0 Å². The molecule has 0 amide bonds. The molecule has 3 aromatic rings. The summed E-state index contributed by atoms with van der Waals surface area (Å²) in [5.41, 5.74) is 1.35. The maximum Gasteiger partial charge on any atom is 0.240 e. The number of sulfonamides is 1. The van der Waals surface area contributed by atoms with Crippen LogP contribution in [0, 0.1) is 13.8 Å². The van der Waals surface area contributed by atoms with Crippen LogP contribution in [0.2, 0.25) is 5.02 Å². The molecule has 1 aromatic heterocycles. The summed E-state index contributed by atoms with van der Waals surface area (Å²) in [6.45, 7) is 3.09. The van der Waals surface area contributed by atoms with Gasteiger partial charge in [0, 0.05) is 11.6 Å². The zero-order valence-corrected chi connectivity index (χ0v) is 18.2. The molecule has 0 saturated carbocycles. The van der Waals surface area contributed by atoms with Crippen LogP contribution in [0.15, 0.2) is 75.1 Å². The Kier molecular flexibility index (Phi) is 6.19. The molecule has 0 fully saturated rings. The summed E-state index contributed by atoms with van der Waals surface area (Å²) in [4.78, 5) is 0.133. The maximum absolute atomic E-state index is 13.2. The summed E-state index contributed by atoms with van der Waals surface area (Å²) in [6, 6.07) is 13.8. The van der Waals surface area contributed by atoms with Crippen molar-refractivity contribution >= 4 is 31.5 Å². The second-order valence-electron chi connectivity index (χ2n) is 6.62. The largest absolute Gasteiger partial charge is 0.468 e. The highest BCUT2D eigenvalue weighted by Crippen LogP contribution is 2.30. The predicted molar refractivity (Wildman–Crippen MR) is 111 cm³/mol. The smallest absolute Gasteiger partial charge is 0.240 e. The van der Waals surface area contributed by atoms with Gasteiger partial charge in [0.05, 0.1) is 16.1 Å². The molecule has 0 aliphatic carbocycles. The van der Waals surface area contributed by atoms with Crippen LogP contribution in [-0.2, 0) is 19.9 Å². The van der Waals surface area contributed by atoms with Crippen molar-refractivity contribution in [2.24, 2.45) is 0 Å². The van der Waals surface area contributed by atoms with Gasteiger partial charge < -0.3 is 4.42 Å². The van der Waals surface area contributed by atoms with Crippen molar-refractivity contribution in [1.29, 1.82) is 0 Å². The van der Waals surface area contributed by atoms with E-state index in [9.17, 15) is 16.8 Å². The first-order chi connectivity index (χ1) is 13.6. The molecule has 29 heavy (non-hydrogen) atoms. The van der Waals surface area contributed by atoms with E-state index in [1.54, 1.807) is 32.0 Å². The molecule has 0 radical (unpaired) electrons. The normalized spacial score (nSPS) is 13.3. The Bertz CT molecular complexity index is 1200. The molecule has 2 aromatic carbocycles. The Morgan fingerprint density at radius 2 is 1.69 bits per heavy atom. The lowest BCUT2D eigenvalue weighted by atomic mass is 10.2. The standard InChI is InChI=1S/C20H20ClNO5S2/c1-14-5-6-15(2)19(12-14)29(25,26)22-13-20(18-4-3-11-27-18)28(23,24)17-9-7-16(21)8-10-17/h3-12,20,22H,13H2,1-2H3/t20-/m0/s1. The number of rotatable bonds is 7. The number of furan rings is 1. The lowest BCUT2D eigenvalue weighted by molar-refractivity contribution is 0.486. The number of benzene rings is 2. The summed E-state index contributed by atoms with van der Waals surface area (Å²) in [5, 5.41) is -0.840. The topological polar surface area (TPSA) is 93.4 Å². The van der Waals surface area contributed by atoms with Crippen LogP contribution in [0.4, 0.5) is 0 Å². The molecule has 1 N–H and O–H groups in total. The highest BCUT2D eigenvalue weighted by Gasteiger charge is 2.33. The van der Waals surface area contributed by atoms with E-state index in [-0.39, 0.29) is 22.1 Å². The van der Waals surface area contributed by atoms with Crippen molar-refractivity contribution in [1.82, 2.24) is 4.72 Å². The van der Waals surface area contributed by atoms with Crippen LogP contribution in [0.1, 0.15) is 22.1 Å². The molecule has 1 heterocycles. The van der Waals surface area contributed by atoms with Gasteiger partial charge in [-0.1, -0.05) is 23.7 Å². The highest BCUT2D eigenvalue weighted by molar-refractivity contribution is 7.92. The van der Waals surface area contributed by atoms with Gasteiger partial charge >= 0.3 is 0 Å². The quantitative estimate of drug-likeness (QED) is 0.582. The van der Waals surface area contributed by atoms with E-state index in [2.05, 4.69) is 4.72 Å². The van der Waals surface area contributed by atoms with Gasteiger partial charge in [-0.25, -0.2) is 21.6 Å². The number of aryl methyl sites for hydroxylation is 2. The van der Waals surface area contributed by atoms with E-state index in [1.807, 2.05) is 6.07 Å². The molecule has 1 atom stereocenters. The third kappa shape index (κ3) is 4.72. The van der Waals surface area contributed by atoms with Crippen LogP contribution in [0.3, 0.4) is 0 Å². The van der Waals surface area contributed by atoms with Crippen LogP contribution in [0.5, 0.6) is 0 Å². The van der Waals surface area contributed by atoms with E-state index in [0.717, 1.165) is 5.56 Å². The summed E-state index contributed by atoms with van der Waals surface area (Å²) in [7, 11) is -7.87. The SMILES string of the molecule is Cc1ccc(C)c(S(=O)(=O)NC[C@@H](c2ccco2)S(=O)(=O)c2ccc(Cl)cc2)c1. The molecular formula is C20H20ClNO5S2. The second-order valence-corrected chi connectivity index (χ2v) is 10.9. The van der Waals surface area contributed by atoms with Crippen molar-refractivity contribution in [2.45, 2.75) is 28.9 Å².